The van der Waals surface area contributed by atoms with Gasteiger partial charge in [0.25, 0.3) is 0 Å². The number of amides is 2. The molecule has 0 spiro atoms. The number of ether oxygens (including phenoxy) is 1. The maximum Gasteiger partial charge on any atom is 0.409 e. The van der Waals surface area contributed by atoms with Crippen LogP contribution in [0, 0.1) is 11.8 Å². The van der Waals surface area contributed by atoms with Gasteiger partial charge >= 0.3 is 6.09 Å². The lowest BCUT2D eigenvalue weighted by atomic mass is 9.93. The van der Waals surface area contributed by atoms with Gasteiger partial charge in [0.05, 0.1) is 13.2 Å². The molecule has 1 N–H and O–H groups in total. The summed E-state index contributed by atoms with van der Waals surface area (Å²) in [5.74, 6) is 1.57. The van der Waals surface area contributed by atoms with Crippen LogP contribution >= 0.6 is 0 Å². The number of carbonyl (C=O) groups is 2. The minimum atomic E-state index is -0.224. The molecule has 2 aliphatic rings. The van der Waals surface area contributed by atoms with Gasteiger partial charge in [-0.25, -0.2) is 9.48 Å². The van der Waals surface area contributed by atoms with Gasteiger partial charge < -0.3 is 9.64 Å². The van der Waals surface area contributed by atoms with Crippen molar-refractivity contribution >= 4 is 17.9 Å². The molecule has 0 bridgehead atoms. The van der Waals surface area contributed by atoms with Gasteiger partial charge in [0.2, 0.25) is 11.9 Å². The second-order valence-corrected chi connectivity index (χ2v) is 7.65. The van der Waals surface area contributed by atoms with E-state index >= 15 is 0 Å². The average molecular weight is 378 g/mol. The van der Waals surface area contributed by atoms with E-state index in [0.717, 1.165) is 31.9 Å². The van der Waals surface area contributed by atoms with Gasteiger partial charge in [-0.2, -0.15) is 4.98 Å². The first kappa shape index (κ1) is 19.6. The number of anilines is 1. The summed E-state index contributed by atoms with van der Waals surface area (Å²) in [4.78, 5) is 32.4. The largest absolute Gasteiger partial charge is 0.450 e. The molecule has 2 unspecified atom stereocenters. The molecule has 0 aliphatic carbocycles. The van der Waals surface area contributed by atoms with Gasteiger partial charge in [0, 0.05) is 44.6 Å². The van der Waals surface area contributed by atoms with E-state index in [2.05, 4.69) is 27.2 Å². The zero-order chi connectivity index (χ0) is 19.6. The van der Waals surface area contributed by atoms with Gasteiger partial charge in [0.15, 0.2) is 0 Å². The lowest BCUT2D eigenvalue weighted by molar-refractivity contribution is -0.118. The highest BCUT2D eigenvalue weighted by atomic mass is 16.6. The molecule has 0 saturated carbocycles. The average Bonchev–Trinajstić information content (AvgIpc) is 3.02. The van der Waals surface area contributed by atoms with Crippen LogP contribution < -0.4 is 5.32 Å². The molecule has 2 amide bonds. The topological polar surface area (TPSA) is 92.6 Å². The molecule has 0 aromatic carbocycles. The van der Waals surface area contributed by atoms with Crippen LogP contribution in [0.25, 0.3) is 0 Å². The highest BCUT2D eigenvalue weighted by molar-refractivity contribution is 5.90. The summed E-state index contributed by atoms with van der Waals surface area (Å²) in [6.07, 6.45) is 0.603. The van der Waals surface area contributed by atoms with Crippen LogP contribution in [0.1, 0.15) is 33.5 Å². The number of fused-ring (bicyclic) bond motifs is 1. The second-order valence-electron chi connectivity index (χ2n) is 7.65. The fraction of sp³-hybridized carbons (Fsp3) is 0.778. The molecule has 9 heteroatoms. The monoisotopic (exact) mass is 378 g/mol. The van der Waals surface area contributed by atoms with E-state index in [-0.39, 0.29) is 17.9 Å². The van der Waals surface area contributed by atoms with Gasteiger partial charge in [-0.05, 0) is 12.8 Å². The molecule has 9 nitrogen and oxygen atoms in total. The fourth-order valence-electron chi connectivity index (χ4n) is 3.69. The molecule has 1 aromatic heterocycles. The lowest BCUT2D eigenvalue weighted by Crippen LogP contribution is -2.55. The summed E-state index contributed by atoms with van der Waals surface area (Å²) >= 11 is 0. The number of hydrogen-bond acceptors (Lipinski definition) is 6. The standard InChI is InChI=1S/C18H30N6O3/c1-5-27-18(26)23-8-6-22(7-9-23)14-11-24-15(10-13(14)4)19-17(21-24)20-16(25)12(2)3/h12-14H,5-11H2,1-4H3,(H,20,21,25). The van der Waals surface area contributed by atoms with E-state index in [0.29, 0.717) is 37.6 Å². The molecule has 27 heavy (non-hydrogen) atoms. The Bertz CT molecular complexity index is 681. The number of nitrogens with one attached hydrogen (secondary N) is 1. The second kappa shape index (κ2) is 8.24. The van der Waals surface area contributed by atoms with Crippen LogP contribution in [0.3, 0.4) is 0 Å². The van der Waals surface area contributed by atoms with Crippen molar-refractivity contribution in [2.75, 3.05) is 38.1 Å². The van der Waals surface area contributed by atoms with Gasteiger partial charge in [0.1, 0.15) is 5.82 Å². The smallest absolute Gasteiger partial charge is 0.409 e. The van der Waals surface area contributed by atoms with Crippen molar-refractivity contribution in [2.45, 2.75) is 46.7 Å². The zero-order valence-corrected chi connectivity index (χ0v) is 16.6. The zero-order valence-electron chi connectivity index (χ0n) is 16.6. The number of rotatable bonds is 4. The Morgan fingerprint density at radius 3 is 2.59 bits per heavy atom. The van der Waals surface area contributed by atoms with E-state index in [9.17, 15) is 9.59 Å². The number of hydrogen-bond donors (Lipinski definition) is 1. The Kier molecular flexibility index (Phi) is 5.98. The first-order chi connectivity index (χ1) is 12.9. The van der Waals surface area contributed by atoms with Crippen molar-refractivity contribution in [1.82, 2.24) is 24.6 Å². The van der Waals surface area contributed by atoms with Crippen LogP contribution in [0.15, 0.2) is 0 Å². The fourth-order valence-corrected chi connectivity index (χ4v) is 3.69. The van der Waals surface area contributed by atoms with Crippen LogP contribution in [0.2, 0.25) is 0 Å². The van der Waals surface area contributed by atoms with Crippen molar-refractivity contribution in [2.24, 2.45) is 11.8 Å². The molecular weight excluding hydrogens is 348 g/mol. The predicted octanol–water partition coefficient (Wildman–Crippen LogP) is 1.21. The molecule has 3 rings (SSSR count). The van der Waals surface area contributed by atoms with Crippen LogP contribution in [0.5, 0.6) is 0 Å². The maximum atomic E-state index is 11.9. The van der Waals surface area contributed by atoms with Crippen molar-refractivity contribution in [1.29, 1.82) is 0 Å². The highest BCUT2D eigenvalue weighted by Gasteiger charge is 2.34. The van der Waals surface area contributed by atoms with Crippen molar-refractivity contribution < 1.29 is 14.3 Å². The number of piperazine rings is 1. The summed E-state index contributed by atoms with van der Waals surface area (Å²) in [5, 5.41) is 7.27. The maximum absolute atomic E-state index is 11.9. The third-order valence-electron chi connectivity index (χ3n) is 5.34. The molecule has 1 saturated heterocycles. The van der Waals surface area contributed by atoms with E-state index in [1.807, 2.05) is 25.5 Å². The van der Waals surface area contributed by atoms with Crippen LogP contribution in [0.4, 0.5) is 10.7 Å². The molecule has 150 valence electrons. The van der Waals surface area contributed by atoms with E-state index in [4.69, 9.17) is 4.74 Å². The first-order valence-corrected chi connectivity index (χ1v) is 9.79. The molecule has 1 aromatic rings. The Morgan fingerprint density at radius 2 is 1.96 bits per heavy atom. The number of carbonyl (C=O) groups excluding carboxylic acids is 2. The Hall–Kier alpha value is -2.16. The molecular formula is C18H30N6O3. The molecule has 2 aliphatic heterocycles. The minimum absolute atomic E-state index is 0.0716. The molecule has 1 fully saturated rings. The van der Waals surface area contributed by atoms with Crippen molar-refractivity contribution in [3.8, 4) is 0 Å². The highest BCUT2D eigenvalue weighted by Crippen LogP contribution is 2.25. The van der Waals surface area contributed by atoms with Gasteiger partial charge in [-0.15, -0.1) is 5.10 Å². The quantitative estimate of drug-likeness (QED) is 0.847. The molecule has 0 radical (unpaired) electrons. The lowest BCUT2D eigenvalue weighted by Gasteiger charge is -2.42. The van der Waals surface area contributed by atoms with Crippen molar-refractivity contribution in [3.05, 3.63) is 5.82 Å². The number of nitrogens with zero attached hydrogens (tertiary/aromatic N) is 5. The Balaban J connectivity index is 1.61. The third kappa shape index (κ3) is 4.40. The predicted molar refractivity (Wildman–Crippen MR) is 100 cm³/mol. The van der Waals surface area contributed by atoms with E-state index in [1.165, 1.54) is 0 Å². The van der Waals surface area contributed by atoms with Crippen LogP contribution in [-0.4, -0.2) is 75.4 Å². The third-order valence-corrected chi connectivity index (χ3v) is 5.34. The molecule has 3 heterocycles. The summed E-state index contributed by atoms with van der Waals surface area (Å²) in [6, 6.07) is 0.345. The number of aromatic nitrogens is 3. The van der Waals surface area contributed by atoms with Gasteiger partial charge in [-0.3, -0.25) is 15.0 Å². The Labute approximate surface area is 160 Å². The SMILES string of the molecule is CCOC(=O)N1CCN(C2Cn3nc(NC(=O)C(C)C)nc3CC2C)CC1. The minimum Gasteiger partial charge on any atom is -0.450 e. The summed E-state index contributed by atoms with van der Waals surface area (Å²) < 4.78 is 7.01. The Morgan fingerprint density at radius 1 is 1.26 bits per heavy atom. The van der Waals surface area contributed by atoms with Crippen molar-refractivity contribution in [3.63, 3.8) is 0 Å². The summed E-state index contributed by atoms with van der Waals surface area (Å²) in [7, 11) is 0. The van der Waals surface area contributed by atoms with Crippen LogP contribution in [-0.2, 0) is 22.5 Å². The summed E-state index contributed by atoms with van der Waals surface area (Å²) in [6.45, 7) is 11.9. The molecule has 2 atom stereocenters. The van der Waals surface area contributed by atoms with E-state index < -0.39 is 0 Å². The first-order valence-electron chi connectivity index (χ1n) is 9.79. The van der Waals surface area contributed by atoms with Gasteiger partial charge in [-0.1, -0.05) is 20.8 Å². The normalized spacial score (nSPS) is 23.2. The summed E-state index contributed by atoms with van der Waals surface area (Å²) in [5.41, 5.74) is 0. The van der Waals surface area contributed by atoms with E-state index in [1.54, 1.807) is 4.90 Å².